The molecule has 0 unspecified atom stereocenters. The summed E-state index contributed by atoms with van der Waals surface area (Å²) in [6.45, 7) is 1.73. The molecule has 0 fully saturated rings. The molecule has 0 spiro atoms. The van der Waals surface area contributed by atoms with Gasteiger partial charge >= 0.3 is 6.18 Å². The Bertz CT molecular complexity index is 723. The van der Waals surface area contributed by atoms with Crippen LogP contribution in [0, 0.1) is 17.0 Å². The predicted octanol–water partition coefficient (Wildman–Crippen LogP) is 3.96. The standard InChI is InChI=1S/C13H10F3N3O3/c1-8-2-4-10(22-8)7-17-18-11-5-3-9(13(14,15)16)6-12(11)19(20)21/h2-7,18H,1H3/b17-7-. The Labute approximate surface area is 122 Å². The fraction of sp³-hybridized carbons (Fsp3) is 0.154. The van der Waals surface area contributed by atoms with Crippen LogP contribution in [-0.4, -0.2) is 11.1 Å². The van der Waals surface area contributed by atoms with E-state index in [1.807, 2.05) is 0 Å². The molecule has 6 nitrogen and oxygen atoms in total. The summed E-state index contributed by atoms with van der Waals surface area (Å²) in [7, 11) is 0. The van der Waals surface area contributed by atoms with E-state index in [4.69, 9.17) is 4.42 Å². The Hall–Kier alpha value is -2.84. The lowest BCUT2D eigenvalue weighted by molar-refractivity contribution is -0.384. The highest BCUT2D eigenvalue weighted by atomic mass is 19.4. The molecule has 0 amide bonds. The van der Waals surface area contributed by atoms with Crippen molar-refractivity contribution in [3.63, 3.8) is 0 Å². The molecule has 0 atom stereocenters. The van der Waals surface area contributed by atoms with Crippen LogP contribution in [0.4, 0.5) is 24.5 Å². The van der Waals surface area contributed by atoms with Crippen molar-refractivity contribution in [3.05, 3.63) is 57.5 Å². The average Bonchev–Trinajstić information content (AvgIpc) is 2.83. The second kappa shape index (κ2) is 5.88. The monoisotopic (exact) mass is 313 g/mol. The number of alkyl halides is 3. The molecule has 0 saturated heterocycles. The van der Waals surface area contributed by atoms with Gasteiger partial charge in [-0.3, -0.25) is 15.5 Å². The first-order valence-corrected chi connectivity index (χ1v) is 5.98. The second-order valence-electron chi connectivity index (χ2n) is 4.31. The number of nitro benzene ring substituents is 1. The van der Waals surface area contributed by atoms with Crippen LogP contribution in [0.1, 0.15) is 17.1 Å². The Kier molecular flexibility index (Phi) is 4.15. The van der Waals surface area contributed by atoms with Gasteiger partial charge in [-0.05, 0) is 31.2 Å². The van der Waals surface area contributed by atoms with E-state index in [0.29, 0.717) is 17.6 Å². The van der Waals surface area contributed by atoms with Crippen LogP contribution in [0.3, 0.4) is 0 Å². The first-order chi connectivity index (χ1) is 10.3. The molecular weight excluding hydrogens is 303 g/mol. The summed E-state index contributed by atoms with van der Waals surface area (Å²) < 4.78 is 42.9. The number of anilines is 1. The van der Waals surface area contributed by atoms with Crippen LogP contribution >= 0.6 is 0 Å². The van der Waals surface area contributed by atoms with Gasteiger partial charge in [0.05, 0.1) is 16.7 Å². The van der Waals surface area contributed by atoms with Crippen LogP contribution in [0.15, 0.2) is 39.9 Å². The van der Waals surface area contributed by atoms with E-state index in [1.54, 1.807) is 19.1 Å². The normalized spacial score (nSPS) is 11.8. The van der Waals surface area contributed by atoms with Crippen molar-refractivity contribution in [3.8, 4) is 0 Å². The van der Waals surface area contributed by atoms with Gasteiger partial charge in [0.25, 0.3) is 5.69 Å². The van der Waals surface area contributed by atoms with Crippen LogP contribution < -0.4 is 5.43 Å². The topological polar surface area (TPSA) is 80.7 Å². The van der Waals surface area contributed by atoms with Crippen molar-refractivity contribution in [1.29, 1.82) is 0 Å². The molecule has 1 heterocycles. The number of nitrogens with one attached hydrogen (secondary N) is 1. The number of nitro groups is 1. The lowest BCUT2D eigenvalue weighted by Gasteiger charge is -2.08. The van der Waals surface area contributed by atoms with Crippen molar-refractivity contribution in [2.45, 2.75) is 13.1 Å². The fourth-order valence-corrected chi connectivity index (χ4v) is 1.64. The van der Waals surface area contributed by atoms with E-state index in [2.05, 4.69) is 10.5 Å². The first-order valence-electron chi connectivity index (χ1n) is 5.98. The predicted molar refractivity (Wildman–Crippen MR) is 72.8 cm³/mol. The summed E-state index contributed by atoms with van der Waals surface area (Å²) in [6, 6.07) is 5.46. The number of halogens is 3. The second-order valence-corrected chi connectivity index (χ2v) is 4.31. The van der Waals surface area contributed by atoms with E-state index < -0.39 is 22.4 Å². The van der Waals surface area contributed by atoms with Crippen LogP contribution in [-0.2, 0) is 6.18 Å². The number of rotatable bonds is 4. The molecule has 2 rings (SSSR count). The highest BCUT2D eigenvalue weighted by molar-refractivity contribution is 5.77. The highest BCUT2D eigenvalue weighted by Gasteiger charge is 2.33. The third-order valence-corrected chi connectivity index (χ3v) is 2.66. The molecule has 0 radical (unpaired) electrons. The number of benzene rings is 1. The Balaban J connectivity index is 2.23. The van der Waals surface area contributed by atoms with E-state index in [0.717, 1.165) is 12.1 Å². The third-order valence-electron chi connectivity index (χ3n) is 2.66. The van der Waals surface area contributed by atoms with Crippen molar-refractivity contribution < 1.29 is 22.5 Å². The van der Waals surface area contributed by atoms with Crippen molar-refractivity contribution in [2.24, 2.45) is 5.10 Å². The largest absolute Gasteiger partial charge is 0.460 e. The average molecular weight is 313 g/mol. The maximum absolute atomic E-state index is 12.6. The molecule has 1 aromatic heterocycles. The van der Waals surface area contributed by atoms with Gasteiger partial charge in [-0.15, -0.1) is 0 Å². The van der Waals surface area contributed by atoms with Gasteiger partial charge in [0.1, 0.15) is 17.2 Å². The molecule has 0 aliphatic rings. The Morgan fingerprint density at radius 2 is 2.05 bits per heavy atom. The molecule has 1 N–H and O–H groups in total. The van der Waals surface area contributed by atoms with Crippen LogP contribution in [0.5, 0.6) is 0 Å². The zero-order valence-electron chi connectivity index (χ0n) is 11.2. The number of hydrogen-bond acceptors (Lipinski definition) is 5. The molecule has 2 aromatic rings. The SMILES string of the molecule is Cc1ccc(/C=N\Nc2ccc(C(F)(F)F)cc2[N+](=O)[O-])o1. The smallest absolute Gasteiger partial charge is 0.416 e. The van der Waals surface area contributed by atoms with Gasteiger partial charge in [0.2, 0.25) is 0 Å². The summed E-state index contributed by atoms with van der Waals surface area (Å²) in [5.41, 5.74) is 0.355. The quantitative estimate of drug-likeness (QED) is 0.526. The summed E-state index contributed by atoms with van der Waals surface area (Å²) in [5, 5.41) is 14.6. The fourth-order valence-electron chi connectivity index (χ4n) is 1.64. The van der Waals surface area contributed by atoms with Crippen molar-refractivity contribution in [1.82, 2.24) is 0 Å². The summed E-state index contributed by atoms with van der Waals surface area (Å²) in [6.07, 6.45) is -3.40. The lowest BCUT2D eigenvalue weighted by atomic mass is 10.1. The van der Waals surface area contributed by atoms with E-state index in [-0.39, 0.29) is 5.69 Å². The van der Waals surface area contributed by atoms with Gasteiger partial charge in [-0.2, -0.15) is 18.3 Å². The Morgan fingerprint density at radius 3 is 2.59 bits per heavy atom. The number of nitrogens with zero attached hydrogens (tertiary/aromatic N) is 2. The minimum atomic E-state index is -4.65. The van der Waals surface area contributed by atoms with Crippen molar-refractivity contribution in [2.75, 3.05) is 5.43 Å². The Morgan fingerprint density at radius 1 is 1.32 bits per heavy atom. The molecular formula is C13H10F3N3O3. The number of hydrazone groups is 1. The van der Waals surface area contributed by atoms with E-state index >= 15 is 0 Å². The maximum Gasteiger partial charge on any atom is 0.416 e. The number of hydrogen-bond donors (Lipinski definition) is 1. The van der Waals surface area contributed by atoms with Gasteiger partial charge in [0, 0.05) is 6.07 Å². The van der Waals surface area contributed by atoms with Gasteiger partial charge in [0.15, 0.2) is 0 Å². The molecule has 0 aliphatic carbocycles. The van der Waals surface area contributed by atoms with Crippen LogP contribution in [0.2, 0.25) is 0 Å². The number of furan rings is 1. The third kappa shape index (κ3) is 3.62. The summed E-state index contributed by atoms with van der Waals surface area (Å²) in [4.78, 5) is 9.95. The molecule has 116 valence electrons. The van der Waals surface area contributed by atoms with Crippen LogP contribution in [0.25, 0.3) is 0 Å². The zero-order chi connectivity index (χ0) is 16.3. The summed E-state index contributed by atoms with van der Waals surface area (Å²) >= 11 is 0. The van der Waals surface area contributed by atoms with Crippen molar-refractivity contribution >= 4 is 17.6 Å². The summed E-state index contributed by atoms with van der Waals surface area (Å²) in [5.74, 6) is 1.06. The van der Waals surface area contributed by atoms with Gasteiger partial charge in [-0.1, -0.05) is 0 Å². The highest BCUT2D eigenvalue weighted by Crippen LogP contribution is 2.34. The molecule has 0 bridgehead atoms. The molecule has 0 aliphatic heterocycles. The lowest BCUT2D eigenvalue weighted by Crippen LogP contribution is -2.06. The molecule has 9 heteroatoms. The van der Waals surface area contributed by atoms with Gasteiger partial charge in [-0.25, -0.2) is 0 Å². The first kappa shape index (κ1) is 15.5. The maximum atomic E-state index is 12.6. The number of aryl methyl sites for hydroxylation is 1. The van der Waals surface area contributed by atoms with Gasteiger partial charge < -0.3 is 4.42 Å². The van der Waals surface area contributed by atoms with E-state index in [9.17, 15) is 23.3 Å². The zero-order valence-corrected chi connectivity index (χ0v) is 11.2. The molecule has 22 heavy (non-hydrogen) atoms. The molecule has 1 aromatic carbocycles. The minimum Gasteiger partial charge on any atom is -0.460 e. The molecule has 0 saturated carbocycles. The van der Waals surface area contributed by atoms with E-state index in [1.165, 1.54) is 6.21 Å². The minimum absolute atomic E-state index is 0.155.